The minimum absolute atomic E-state index is 0.116. The lowest BCUT2D eigenvalue weighted by atomic mass is 9.88. The largest absolute Gasteiger partial charge is 0.497 e. The molecule has 0 fully saturated rings. The molecule has 0 aromatic heterocycles. The lowest BCUT2D eigenvalue weighted by Crippen LogP contribution is -2.35. The van der Waals surface area contributed by atoms with Crippen molar-refractivity contribution in [2.75, 3.05) is 20.8 Å². The van der Waals surface area contributed by atoms with Crippen molar-refractivity contribution in [3.05, 3.63) is 119 Å². The van der Waals surface area contributed by atoms with E-state index in [2.05, 4.69) is 12.1 Å². The summed E-state index contributed by atoms with van der Waals surface area (Å²) in [5.41, 5.74) is 5.43. The summed E-state index contributed by atoms with van der Waals surface area (Å²) in [7, 11) is 3.30. The van der Waals surface area contributed by atoms with Gasteiger partial charge in [-0.1, -0.05) is 66.7 Å². The van der Waals surface area contributed by atoms with Crippen LogP contribution in [0.4, 0.5) is 0 Å². The van der Waals surface area contributed by atoms with Crippen LogP contribution in [-0.4, -0.2) is 32.1 Å². The number of benzene rings is 4. The number of fused-ring (bicyclic) bond motifs is 1. The first-order chi connectivity index (χ1) is 19.2. The molecule has 1 aliphatic rings. The van der Waals surface area contributed by atoms with E-state index in [4.69, 9.17) is 18.9 Å². The van der Waals surface area contributed by atoms with Crippen LogP contribution in [0.1, 0.15) is 33.9 Å². The van der Waals surface area contributed by atoms with Gasteiger partial charge in [0.1, 0.15) is 19.0 Å². The minimum atomic E-state index is -0.116. The maximum absolute atomic E-state index is 12.1. The molecule has 1 aliphatic heterocycles. The highest BCUT2D eigenvalue weighted by molar-refractivity contribution is 5.56. The van der Waals surface area contributed by atoms with Gasteiger partial charge in [0.15, 0.2) is 11.5 Å². The van der Waals surface area contributed by atoms with E-state index >= 15 is 0 Å². The molecule has 5 rings (SSSR count). The van der Waals surface area contributed by atoms with Crippen molar-refractivity contribution in [3.8, 4) is 23.0 Å². The zero-order valence-corrected chi connectivity index (χ0v) is 22.3. The maximum Gasteiger partial charge on any atom is 0.210 e. The summed E-state index contributed by atoms with van der Waals surface area (Å²) in [5, 5.41) is 0. The summed E-state index contributed by atoms with van der Waals surface area (Å²) in [6.07, 6.45) is 2.34. The number of nitrogens with zero attached hydrogens (tertiary/aromatic N) is 1. The number of carbonyl (C=O) groups excluding carboxylic acids is 1. The molecular weight excluding hydrogens is 490 g/mol. The molecule has 4 aromatic carbocycles. The molecule has 6 nitrogen and oxygen atoms in total. The van der Waals surface area contributed by atoms with Gasteiger partial charge in [0, 0.05) is 6.54 Å². The van der Waals surface area contributed by atoms with E-state index < -0.39 is 0 Å². The molecule has 1 amide bonds. The zero-order valence-electron chi connectivity index (χ0n) is 22.3. The highest BCUT2D eigenvalue weighted by Crippen LogP contribution is 2.42. The quantitative estimate of drug-likeness (QED) is 0.220. The third-order valence-corrected chi connectivity index (χ3v) is 7.07. The fourth-order valence-electron chi connectivity index (χ4n) is 5.05. The molecule has 0 N–H and O–H groups in total. The average Bonchev–Trinajstić information content (AvgIpc) is 2.99. The topological polar surface area (TPSA) is 57.2 Å². The Kier molecular flexibility index (Phi) is 8.32. The molecule has 0 aliphatic carbocycles. The number of carbonyl (C=O) groups is 1. The Balaban J connectivity index is 1.49. The third kappa shape index (κ3) is 6.17. The van der Waals surface area contributed by atoms with Crippen LogP contribution >= 0.6 is 0 Å². The van der Waals surface area contributed by atoms with Crippen molar-refractivity contribution >= 4 is 6.41 Å². The van der Waals surface area contributed by atoms with Crippen molar-refractivity contribution in [3.63, 3.8) is 0 Å². The lowest BCUT2D eigenvalue weighted by Gasteiger charge is -2.35. The van der Waals surface area contributed by atoms with Crippen molar-refractivity contribution in [1.29, 1.82) is 0 Å². The van der Waals surface area contributed by atoms with Crippen LogP contribution < -0.4 is 18.9 Å². The Hall–Kier alpha value is -4.45. The first-order valence-electron chi connectivity index (χ1n) is 13.1. The minimum Gasteiger partial charge on any atom is -0.497 e. The van der Waals surface area contributed by atoms with Gasteiger partial charge in [0.2, 0.25) is 12.2 Å². The van der Waals surface area contributed by atoms with Crippen LogP contribution in [-0.2, 0) is 30.8 Å². The van der Waals surface area contributed by atoms with Crippen LogP contribution in [0.15, 0.2) is 91.0 Å². The Bertz CT molecular complexity index is 1330. The first-order valence-corrected chi connectivity index (χ1v) is 13.1. The summed E-state index contributed by atoms with van der Waals surface area (Å²) >= 11 is 0. The molecule has 200 valence electrons. The van der Waals surface area contributed by atoms with E-state index in [0.29, 0.717) is 43.4 Å². The van der Waals surface area contributed by atoms with Gasteiger partial charge in [0.05, 0.1) is 20.3 Å². The second-order valence-electron chi connectivity index (χ2n) is 9.55. The number of hydrogen-bond donors (Lipinski definition) is 0. The lowest BCUT2D eigenvalue weighted by molar-refractivity contribution is -0.120. The highest BCUT2D eigenvalue weighted by Gasteiger charge is 2.28. The summed E-state index contributed by atoms with van der Waals surface area (Å²) < 4.78 is 23.8. The van der Waals surface area contributed by atoms with Gasteiger partial charge in [-0.3, -0.25) is 4.79 Å². The molecule has 0 spiro atoms. The van der Waals surface area contributed by atoms with Crippen molar-refractivity contribution in [2.24, 2.45) is 0 Å². The Morgan fingerprint density at radius 1 is 0.769 bits per heavy atom. The maximum atomic E-state index is 12.1. The van der Waals surface area contributed by atoms with E-state index in [9.17, 15) is 4.79 Å². The molecule has 6 heteroatoms. The zero-order chi connectivity index (χ0) is 27.0. The average molecular weight is 524 g/mol. The smallest absolute Gasteiger partial charge is 0.210 e. The fraction of sp³-hybridized carbons (Fsp3) is 0.242. The second-order valence-corrected chi connectivity index (χ2v) is 9.55. The number of rotatable bonds is 11. The van der Waals surface area contributed by atoms with Crippen LogP contribution in [0.3, 0.4) is 0 Å². The summed E-state index contributed by atoms with van der Waals surface area (Å²) in [5.74, 6) is 2.58. The van der Waals surface area contributed by atoms with Gasteiger partial charge in [-0.2, -0.15) is 0 Å². The molecule has 39 heavy (non-hydrogen) atoms. The van der Waals surface area contributed by atoms with E-state index in [1.807, 2.05) is 83.8 Å². The molecular formula is C33H33NO5. The molecule has 0 unspecified atom stereocenters. The van der Waals surface area contributed by atoms with Gasteiger partial charge in [-0.15, -0.1) is 0 Å². The van der Waals surface area contributed by atoms with Crippen molar-refractivity contribution in [2.45, 2.75) is 32.1 Å². The molecule has 0 radical (unpaired) electrons. The van der Waals surface area contributed by atoms with E-state index in [0.717, 1.165) is 40.8 Å². The van der Waals surface area contributed by atoms with E-state index in [-0.39, 0.29) is 6.04 Å². The van der Waals surface area contributed by atoms with Gasteiger partial charge in [-0.05, 0) is 64.9 Å². The molecule has 4 aromatic rings. The molecule has 1 heterocycles. The normalized spacial score (nSPS) is 14.3. The number of methoxy groups -OCH3 is 2. The molecule has 1 atom stereocenters. The van der Waals surface area contributed by atoms with Crippen molar-refractivity contribution < 1.29 is 23.7 Å². The van der Waals surface area contributed by atoms with E-state index in [1.54, 1.807) is 14.2 Å². The monoisotopic (exact) mass is 523 g/mol. The fourth-order valence-corrected chi connectivity index (χ4v) is 5.05. The number of hydrogen-bond acceptors (Lipinski definition) is 5. The van der Waals surface area contributed by atoms with Crippen LogP contribution in [0.2, 0.25) is 0 Å². The number of amides is 1. The number of ether oxygens (including phenoxy) is 4. The SMILES string of the molecule is COc1ccc2c(c1)CCN(C=O)[C@H]2Cc1cc(OCc2ccccc2)c(OC)c(OCc2ccccc2)c1. The van der Waals surface area contributed by atoms with Crippen LogP contribution in [0, 0.1) is 0 Å². The van der Waals surface area contributed by atoms with Crippen LogP contribution in [0.5, 0.6) is 23.0 Å². The molecule has 0 saturated carbocycles. The summed E-state index contributed by atoms with van der Waals surface area (Å²) in [6, 6.07) is 30.0. The van der Waals surface area contributed by atoms with Crippen LogP contribution in [0.25, 0.3) is 0 Å². The molecule has 0 saturated heterocycles. The van der Waals surface area contributed by atoms with Crippen molar-refractivity contribution in [1.82, 2.24) is 4.90 Å². The van der Waals surface area contributed by atoms with Gasteiger partial charge < -0.3 is 23.8 Å². The van der Waals surface area contributed by atoms with Gasteiger partial charge in [0.25, 0.3) is 0 Å². The third-order valence-electron chi connectivity index (χ3n) is 7.07. The second kappa shape index (κ2) is 12.4. The van der Waals surface area contributed by atoms with Gasteiger partial charge in [-0.25, -0.2) is 0 Å². The predicted octanol–water partition coefficient (Wildman–Crippen LogP) is 6.16. The highest BCUT2D eigenvalue weighted by atomic mass is 16.5. The summed E-state index contributed by atoms with van der Waals surface area (Å²) in [6.45, 7) is 1.44. The van der Waals surface area contributed by atoms with Gasteiger partial charge >= 0.3 is 0 Å². The standard InChI is InChI=1S/C33H33NO5/c1-36-28-13-14-29-27(20-28)15-16-34(23-35)30(29)17-26-18-31(38-21-24-9-5-3-6-10-24)33(37-2)32(19-26)39-22-25-11-7-4-8-12-25/h3-14,18-20,23,30H,15-17,21-22H2,1-2H3/t30-/m0/s1. The Labute approximate surface area is 229 Å². The summed E-state index contributed by atoms with van der Waals surface area (Å²) in [4.78, 5) is 13.9. The molecule has 0 bridgehead atoms. The Morgan fingerprint density at radius 2 is 1.38 bits per heavy atom. The first kappa shape index (κ1) is 26.2. The predicted molar refractivity (Wildman–Crippen MR) is 150 cm³/mol. The Morgan fingerprint density at radius 3 is 1.92 bits per heavy atom. The van der Waals surface area contributed by atoms with E-state index in [1.165, 1.54) is 5.56 Å².